The van der Waals surface area contributed by atoms with E-state index in [0.29, 0.717) is 13.2 Å². The number of rotatable bonds is 8. The van der Waals surface area contributed by atoms with Crippen LogP contribution in [0.1, 0.15) is 20.8 Å². The van der Waals surface area contributed by atoms with Gasteiger partial charge in [-0.3, -0.25) is 4.79 Å². The van der Waals surface area contributed by atoms with Gasteiger partial charge in [0.05, 0.1) is 6.61 Å². The summed E-state index contributed by atoms with van der Waals surface area (Å²) in [6, 6.07) is 0. The lowest BCUT2D eigenvalue weighted by atomic mass is 10.2. The molecular weight excluding hydrogens is 212 g/mol. The van der Waals surface area contributed by atoms with E-state index < -0.39 is 18.0 Å². The molecule has 0 N–H and O–H groups in total. The molecule has 0 spiro atoms. The summed E-state index contributed by atoms with van der Waals surface area (Å²) in [5.74, 6) is -1.33. The Morgan fingerprint density at radius 3 is 1.94 bits per heavy atom. The SMILES string of the molecule is C=C(C(=O)OCC)C(=O)C(OCC)OCC. The average molecular weight is 230 g/mol. The third-order valence-corrected chi connectivity index (χ3v) is 1.67. The van der Waals surface area contributed by atoms with Gasteiger partial charge in [-0.25, -0.2) is 4.79 Å². The number of ketones is 1. The van der Waals surface area contributed by atoms with Gasteiger partial charge in [0.2, 0.25) is 12.1 Å². The number of hydrogen-bond donors (Lipinski definition) is 0. The van der Waals surface area contributed by atoms with Crippen LogP contribution < -0.4 is 0 Å². The third kappa shape index (κ3) is 4.55. The summed E-state index contributed by atoms with van der Waals surface area (Å²) in [6.07, 6.45) is -1.08. The first kappa shape index (κ1) is 14.8. The number of ether oxygens (including phenoxy) is 3. The molecule has 0 aliphatic carbocycles. The quantitative estimate of drug-likeness (QED) is 0.205. The molecule has 0 aromatic rings. The number of carbonyl (C=O) groups excluding carboxylic acids is 2. The highest BCUT2D eigenvalue weighted by atomic mass is 16.7. The fraction of sp³-hybridized carbons (Fsp3) is 0.636. The molecule has 0 saturated heterocycles. The van der Waals surface area contributed by atoms with Crippen molar-refractivity contribution in [3.05, 3.63) is 12.2 Å². The molecule has 0 bridgehead atoms. The van der Waals surface area contributed by atoms with E-state index in [-0.39, 0.29) is 12.2 Å². The monoisotopic (exact) mass is 230 g/mol. The average Bonchev–Trinajstić information content (AvgIpc) is 2.27. The molecule has 0 fully saturated rings. The van der Waals surface area contributed by atoms with Crippen molar-refractivity contribution in [3.63, 3.8) is 0 Å². The molecule has 0 rings (SSSR count). The molecule has 0 saturated carbocycles. The van der Waals surface area contributed by atoms with E-state index >= 15 is 0 Å². The molecule has 16 heavy (non-hydrogen) atoms. The summed E-state index contributed by atoms with van der Waals surface area (Å²) < 4.78 is 14.8. The van der Waals surface area contributed by atoms with Crippen molar-refractivity contribution in [2.24, 2.45) is 0 Å². The van der Waals surface area contributed by atoms with Gasteiger partial charge in [-0.05, 0) is 20.8 Å². The molecule has 0 unspecified atom stereocenters. The molecule has 92 valence electrons. The van der Waals surface area contributed by atoms with Crippen LogP contribution >= 0.6 is 0 Å². The molecule has 0 amide bonds. The van der Waals surface area contributed by atoms with Crippen LogP contribution in [0.25, 0.3) is 0 Å². The number of Topliss-reactive ketones (excluding diaryl/α,β-unsaturated/α-hetero) is 1. The fourth-order valence-electron chi connectivity index (χ4n) is 0.963. The van der Waals surface area contributed by atoms with Gasteiger partial charge in [0.1, 0.15) is 5.57 Å². The van der Waals surface area contributed by atoms with Crippen molar-refractivity contribution >= 4 is 11.8 Å². The van der Waals surface area contributed by atoms with Gasteiger partial charge in [0, 0.05) is 13.2 Å². The van der Waals surface area contributed by atoms with Crippen LogP contribution in [0, 0.1) is 0 Å². The summed E-state index contributed by atoms with van der Waals surface area (Å²) in [7, 11) is 0. The maximum Gasteiger partial charge on any atom is 0.341 e. The second kappa shape index (κ2) is 8.01. The Balaban J connectivity index is 4.47. The highest BCUT2D eigenvalue weighted by molar-refractivity contribution is 6.18. The van der Waals surface area contributed by atoms with Gasteiger partial charge >= 0.3 is 5.97 Å². The van der Waals surface area contributed by atoms with Crippen LogP contribution in [0.5, 0.6) is 0 Å². The molecule has 0 atom stereocenters. The van der Waals surface area contributed by atoms with Gasteiger partial charge in [0.15, 0.2) is 0 Å². The molecule has 5 nitrogen and oxygen atoms in total. The minimum atomic E-state index is -1.08. The lowest BCUT2D eigenvalue weighted by Gasteiger charge is -2.15. The summed E-state index contributed by atoms with van der Waals surface area (Å²) in [5, 5.41) is 0. The molecule has 0 radical (unpaired) electrons. The van der Waals surface area contributed by atoms with E-state index in [2.05, 4.69) is 11.3 Å². The van der Waals surface area contributed by atoms with Crippen molar-refractivity contribution in [2.75, 3.05) is 19.8 Å². The van der Waals surface area contributed by atoms with Crippen molar-refractivity contribution in [1.82, 2.24) is 0 Å². The third-order valence-electron chi connectivity index (χ3n) is 1.67. The number of esters is 1. The van der Waals surface area contributed by atoms with Crippen LogP contribution in [-0.4, -0.2) is 37.9 Å². The first-order valence-corrected chi connectivity index (χ1v) is 5.21. The zero-order valence-electron chi connectivity index (χ0n) is 9.95. The first-order valence-electron chi connectivity index (χ1n) is 5.21. The Morgan fingerprint density at radius 2 is 1.56 bits per heavy atom. The molecule has 0 aromatic carbocycles. The standard InChI is InChI=1S/C11H18O5/c1-5-14-10(13)8(4)9(12)11(15-6-2)16-7-3/h11H,4-7H2,1-3H3. The predicted octanol–water partition coefficient (Wildman–Crippen LogP) is 1.07. The lowest BCUT2D eigenvalue weighted by molar-refractivity contribution is -0.166. The van der Waals surface area contributed by atoms with Crippen molar-refractivity contribution in [1.29, 1.82) is 0 Å². The first-order chi connectivity index (χ1) is 7.58. The van der Waals surface area contributed by atoms with E-state index in [0.717, 1.165) is 0 Å². The van der Waals surface area contributed by atoms with Crippen molar-refractivity contribution in [3.8, 4) is 0 Å². The van der Waals surface area contributed by atoms with Gasteiger partial charge in [0.25, 0.3) is 0 Å². The second-order valence-electron chi connectivity index (χ2n) is 2.81. The second-order valence-corrected chi connectivity index (χ2v) is 2.81. The normalized spacial score (nSPS) is 10.2. The van der Waals surface area contributed by atoms with Crippen molar-refractivity contribution in [2.45, 2.75) is 27.1 Å². The zero-order valence-corrected chi connectivity index (χ0v) is 9.95. The molecule has 0 heterocycles. The maximum absolute atomic E-state index is 11.7. The number of hydrogen-bond acceptors (Lipinski definition) is 5. The van der Waals surface area contributed by atoms with Gasteiger partial charge in [-0.15, -0.1) is 0 Å². The van der Waals surface area contributed by atoms with E-state index in [1.54, 1.807) is 20.8 Å². The molecular formula is C11H18O5. The van der Waals surface area contributed by atoms with Crippen LogP contribution in [0.2, 0.25) is 0 Å². The fourth-order valence-corrected chi connectivity index (χ4v) is 0.963. The van der Waals surface area contributed by atoms with Crippen molar-refractivity contribution < 1.29 is 23.8 Å². The minimum absolute atomic E-state index is 0.194. The predicted molar refractivity (Wildman–Crippen MR) is 57.8 cm³/mol. The van der Waals surface area contributed by atoms with E-state index in [1.165, 1.54) is 0 Å². The highest BCUT2D eigenvalue weighted by Crippen LogP contribution is 2.06. The molecule has 0 aliphatic heterocycles. The Kier molecular flexibility index (Phi) is 7.41. The minimum Gasteiger partial charge on any atom is -0.462 e. The summed E-state index contributed by atoms with van der Waals surface area (Å²) in [4.78, 5) is 22.9. The van der Waals surface area contributed by atoms with Crippen LogP contribution in [-0.2, 0) is 23.8 Å². The van der Waals surface area contributed by atoms with E-state index in [1.807, 2.05) is 0 Å². The van der Waals surface area contributed by atoms with E-state index in [9.17, 15) is 9.59 Å². The summed E-state index contributed by atoms with van der Waals surface area (Å²) in [5.41, 5.74) is -0.256. The zero-order chi connectivity index (χ0) is 12.6. The Hall–Kier alpha value is -1.20. The summed E-state index contributed by atoms with van der Waals surface area (Å²) in [6.45, 7) is 9.30. The van der Waals surface area contributed by atoms with Crippen LogP contribution in [0.15, 0.2) is 12.2 Å². The topological polar surface area (TPSA) is 61.8 Å². The van der Waals surface area contributed by atoms with Crippen LogP contribution in [0.3, 0.4) is 0 Å². The molecule has 0 aliphatic rings. The smallest absolute Gasteiger partial charge is 0.341 e. The van der Waals surface area contributed by atoms with Crippen LogP contribution in [0.4, 0.5) is 0 Å². The Bertz CT molecular complexity index is 253. The van der Waals surface area contributed by atoms with Gasteiger partial charge in [-0.1, -0.05) is 6.58 Å². The summed E-state index contributed by atoms with van der Waals surface area (Å²) >= 11 is 0. The molecule has 5 heteroatoms. The maximum atomic E-state index is 11.7. The van der Waals surface area contributed by atoms with Gasteiger partial charge < -0.3 is 14.2 Å². The van der Waals surface area contributed by atoms with Gasteiger partial charge in [-0.2, -0.15) is 0 Å². The Morgan fingerprint density at radius 1 is 1.06 bits per heavy atom. The highest BCUT2D eigenvalue weighted by Gasteiger charge is 2.26. The molecule has 0 aromatic heterocycles. The number of carbonyl (C=O) groups is 2. The van der Waals surface area contributed by atoms with E-state index in [4.69, 9.17) is 9.47 Å². The lowest BCUT2D eigenvalue weighted by Crippen LogP contribution is -2.31. The Labute approximate surface area is 95.4 Å². The largest absolute Gasteiger partial charge is 0.462 e.